The second-order valence-electron chi connectivity index (χ2n) is 8.67. The molecule has 0 bridgehead atoms. The molecule has 8 heteroatoms. The van der Waals surface area contributed by atoms with Crippen LogP contribution >= 0.6 is 0 Å². The van der Waals surface area contributed by atoms with Crippen molar-refractivity contribution < 1.29 is 14.3 Å². The van der Waals surface area contributed by atoms with Crippen molar-refractivity contribution in [2.24, 2.45) is 11.8 Å². The van der Waals surface area contributed by atoms with E-state index in [-0.39, 0.29) is 17.7 Å². The first-order valence-corrected chi connectivity index (χ1v) is 10.6. The number of amides is 2. The molecule has 2 aromatic rings. The standard InChI is InChI=1S/C21H27N5O3/c1-24-11-16(10-20(24)27)21(28)25-8-6-14(7-9-25)13-29-19-5-4-18-22-17(15-2-3-15)12-26(18)23-19/h4-5,12,14-16H,2-3,6-11,13H2,1H3. The number of aromatic nitrogens is 3. The lowest BCUT2D eigenvalue weighted by atomic mass is 9.96. The minimum atomic E-state index is -0.174. The number of carbonyl (C=O) groups is 2. The van der Waals surface area contributed by atoms with Gasteiger partial charge in [0, 0.05) is 45.1 Å². The molecule has 2 amide bonds. The lowest BCUT2D eigenvalue weighted by Crippen LogP contribution is -2.43. The minimum Gasteiger partial charge on any atom is -0.476 e. The van der Waals surface area contributed by atoms with Gasteiger partial charge in [-0.05, 0) is 37.7 Å². The molecule has 3 aliphatic rings. The van der Waals surface area contributed by atoms with Gasteiger partial charge < -0.3 is 14.5 Å². The molecule has 1 unspecified atom stereocenters. The Balaban J connectivity index is 1.12. The molecule has 0 aromatic carbocycles. The molecule has 3 fully saturated rings. The summed E-state index contributed by atoms with van der Waals surface area (Å²) >= 11 is 0. The van der Waals surface area contributed by atoms with E-state index >= 15 is 0 Å². The summed E-state index contributed by atoms with van der Waals surface area (Å²) in [7, 11) is 1.76. The van der Waals surface area contributed by atoms with Crippen molar-refractivity contribution in [3.63, 3.8) is 0 Å². The first-order valence-electron chi connectivity index (χ1n) is 10.6. The summed E-state index contributed by atoms with van der Waals surface area (Å²) < 4.78 is 7.76. The monoisotopic (exact) mass is 397 g/mol. The maximum absolute atomic E-state index is 12.7. The predicted octanol–water partition coefficient (Wildman–Crippen LogP) is 1.70. The average Bonchev–Trinajstić information content (AvgIpc) is 3.41. The fraction of sp³-hybridized carbons (Fsp3) is 0.619. The summed E-state index contributed by atoms with van der Waals surface area (Å²) in [5.41, 5.74) is 1.99. The summed E-state index contributed by atoms with van der Waals surface area (Å²) in [6.07, 6.45) is 6.64. The van der Waals surface area contributed by atoms with Gasteiger partial charge in [-0.25, -0.2) is 9.50 Å². The van der Waals surface area contributed by atoms with Crippen molar-refractivity contribution in [2.75, 3.05) is 33.3 Å². The van der Waals surface area contributed by atoms with Crippen LogP contribution in [0.4, 0.5) is 0 Å². The summed E-state index contributed by atoms with van der Waals surface area (Å²) in [5, 5.41) is 4.53. The fourth-order valence-corrected chi connectivity index (χ4v) is 4.35. The van der Waals surface area contributed by atoms with Crippen LogP contribution in [-0.4, -0.2) is 69.5 Å². The summed E-state index contributed by atoms with van der Waals surface area (Å²) in [6, 6.07) is 3.83. The number of fused-ring (bicyclic) bond motifs is 1. The van der Waals surface area contributed by atoms with Gasteiger partial charge in [0.2, 0.25) is 17.7 Å². The molecule has 2 aromatic heterocycles. The smallest absolute Gasteiger partial charge is 0.231 e. The lowest BCUT2D eigenvalue weighted by Gasteiger charge is -2.33. The maximum Gasteiger partial charge on any atom is 0.231 e. The van der Waals surface area contributed by atoms with Crippen LogP contribution < -0.4 is 4.74 Å². The first kappa shape index (κ1) is 18.4. The molecule has 1 saturated carbocycles. The number of ether oxygens (including phenoxy) is 1. The number of likely N-dealkylation sites (tertiary alicyclic amines) is 2. The Morgan fingerprint density at radius 1 is 1.21 bits per heavy atom. The third-order valence-electron chi connectivity index (χ3n) is 6.39. The Bertz CT molecular complexity index is 930. The van der Waals surface area contributed by atoms with Crippen LogP contribution in [0.15, 0.2) is 18.3 Å². The maximum atomic E-state index is 12.7. The Morgan fingerprint density at radius 2 is 2.00 bits per heavy atom. The molecular weight excluding hydrogens is 370 g/mol. The minimum absolute atomic E-state index is 0.0678. The van der Waals surface area contributed by atoms with Crippen molar-refractivity contribution in [1.82, 2.24) is 24.4 Å². The topological polar surface area (TPSA) is 80.0 Å². The van der Waals surface area contributed by atoms with Gasteiger partial charge in [-0.15, -0.1) is 5.10 Å². The van der Waals surface area contributed by atoms with Crippen molar-refractivity contribution in [3.8, 4) is 5.88 Å². The van der Waals surface area contributed by atoms with E-state index in [0.29, 0.717) is 37.3 Å². The first-order chi connectivity index (χ1) is 14.1. The SMILES string of the molecule is CN1CC(C(=O)N2CCC(COc3ccc4nc(C5CC5)cn4n3)CC2)CC1=O. The summed E-state index contributed by atoms with van der Waals surface area (Å²) in [4.78, 5) is 32.5. The van der Waals surface area contributed by atoms with Gasteiger partial charge in [0.15, 0.2) is 5.65 Å². The highest BCUT2D eigenvalue weighted by atomic mass is 16.5. The number of hydrogen-bond acceptors (Lipinski definition) is 5. The largest absolute Gasteiger partial charge is 0.476 e. The number of piperidine rings is 1. The molecule has 8 nitrogen and oxygen atoms in total. The van der Waals surface area contributed by atoms with Gasteiger partial charge in [-0.1, -0.05) is 0 Å². The van der Waals surface area contributed by atoms with E-state index < -0.39 is 0 Å². The summed E-state index contributed by atoms with van der Waals surface area (Å²) in [5.74, 6) is 1.65. The number of hydrogen-bond donors (Lipinski definition) is 0. The van der Waals surface area contributed by atoms with Crippen LogP contribution in [0.3, 0.4) is 0 Å². The van der Waals surface area contributed by atoms with E-state index in [2.05, 4.69) is 10.1 Å². The van der Waals surface area contributed by atoms with Gasteiger partial charge in [-0.3, -0.25) is 9.59 Å². The quantitative estimate of drug-likeness (QED) is 0.767. The third-order valence-corrected chi connectivity index (χ3v) is 6.39. The molecule has 154 valence electrons. The van der Waals surface area contributed by atoms with Crippen LogP contribution in [0.2, 0.25) is 0 Å². The number of rotatable bonds is 5. The van der Waals surface area contributed by atoms with E-state index in [4.69, 9.17) is 4.74 Å². The summed E-state index contributed by atoms with van der Waals surface area (Å²) in [6.45, 7) is 2.63. The Hall–Kier alpha value is -2.64. The molecule has 1 atom stereocenters. The van der Waals surface area contributed by atoms with Crippen molar-refractivity contribution in [2.45, 2.75) is 38.0 Å². The number of carbonyl (C=O) groups excluding carboxylic acids is 2. The van der Waals surface area contributed by atoms with Crippen LogP contribution in [0.25, 0.3) is 5.65 Å². The molecule has 1 aliphatic carbocycles. The molecule has 0 N–H and O–H groups in total. The van der Waals surface area contributed by atoms with Crippen molar-refractivity contribution in [1.29, 1.82) is 0 Å². The van der Waals surface area contributed by atoms with Gasteiger partial charge in [0.05, 0.1) is 24.4 Å². The highest BCUT2D eigenvalue weighted by Gasteiger charge is 2.36. The second-order valence-corrected chi connectivity index (χ2v) is 8.67. The van der Waals surface area contributed by atoms with Crippen LogP contribution in [0.5, 0.6) is 5.88 Å². The Labute approximate surface area is 169 Å². The Kier molecular flexibility index (Phi) is 4.64. The van der Waals surface area contributed by atoms with Crippen molar-refractivity contribution >= 4 is 17.5 Å². The van der Waals surface area contributed by atoms with E-state index in [1.54, 1.807) is 11.9 Å². The van der Waals surface area contributed by atoms with Gasteiger partial charge >= 0.3 is 0 Å². The highest BCUT2D eigenvalue weighted by molar-refractivity contribution is 5.89. The lowest BCUT2D eigenvalue weighted by molar-refractivity contribution is -0.137. The second kappa shape index (κ2) is 7.31. The molecule has 2 saturated heterocycles. The number of imidazole rings is 1. The molecule has 5 rings (SSSR count). The molecule has 0 radical (unpaired) electrons. The van der Waals surface area contributed by atoms with Crippen molar-refractivity contribution in [3.05, 3.63) is 24.0 Å². The van der Waals surface area contributed by atoms with Gasteiger partial charge in [-0.2, -0.15) is 0 Å². The van der Waals surface area contributed by atoms with E-state index in [0.717, 1.165) is 37.3 Å². The zero-order chi connectivity index (χ0) is 20.0. The zero-order valence-corrected chi connectivity index (χ0v) is 16.8. The van der Waals surface area contributed by atoms with E-state index in [1.165, 1.54) is 12.8 Å². The Morgan fingerprint density at radius 3 is 2.69 bits per heavy atom. The molecular formula is C21H27N5O3. The van der Waals surface area contributed by atoms with E-state index in [9.17, 15) is 9.59 Å². The predicted molar refractivity (Wildman–Crippen MR) is 106 cm³/mol. The fourth-order valence-electron chi connectivity index (χ4n) is 4.35. The highest BCUT2D eigenvalue weighted by Crippen LogP contribution is 2.39. The van der Waals surface area contributed by atoms with Gasteiger partial charge in [0.25, 0.3) is 0 Å². The van der Waals surface area contributed by atoms with Crippen LogP contribution in [0.1, 0.15) is 43.7 Å². The molecule has 0 spiro atoms. The number of nitrogens with zero attached hydrogens (tertiary/aromatic N) is 5. The van der Waals surface area contributed by atoms with Gasteiger partial charge in [0.1, 0.15) is 0 Å². The normalized spacial score (nSPS) is 23.2. The zero-order valence-electron chi connectivity index (χ0n) is 16.8. The molecule has 2 aliphatic heterocycles. The third kappa shape index (κ3) is 3.80. The van der Waals surface area contributed by atoms with E-state index in [1.807, 2.05) is 27.7 Å². The molecule has 29 heavy (non-hydrogen) atoms. The van der Waals surface area contributed by atoms with Crippen LogP contribution in [-0.2, 0) is 9.59 Å². The average molecular weight is 397 g/mol. The van der Waals surface area contributed by atoms with Crippen LogP contribution in [0, 0.1) is 11.8 Å². The molecule has 4 heterocycles.